The van der Waals surface area contributed by atoms with Gasteiger partial charge in [0, 0.05) is 17.6 Å². The highest BCUT2D eigenvalue weighted by Crippen LogP contribution is 2.37. The molecule has 3 nitrogen and oxygen atoms in total. The highest BCUT2D eigenvalue weighted by atomic mass is 16.2. The maximum Gasteiger partial charge on any atom is 0.230 e. The third-order valence-electron chi connectivity index (χ3n) is 4.90. The lowest BCUT2D eigenvalue weighted by Crippen LogP contribution is -2.36. The average molecular weight is 272 g/mol. The summed E-state index contributed by atoms with van der Waals surface area (Å²) in [5.41, 5.74) is 3.47. The number of nitrogens with one attached hydrogen (secondary N) is 2. The first-order chi connectivity index (χ1) is 9.69. The predicted octanol–water partition coefficient (Wildman–Crippen LogP) is 3.24. The smallest absolute Gasteiger partial charge is 0.230 e. The van der Waals surface area contributed by atoms with Crippen LogP contribution in [0.25, 0.3) is 0 Å². The van der Waals surface area contributed by atoms with Crippen LogP contribution in [0.1, 0.15) is 50.2 Å². The molecule has 1 aliphatic carbocycles. The Morgan fingerprint density at radius 1 is 1.25 bits per heavy atom. The molecule has 1 aromatic rings. The number of rotatable bonds is 2. The van der Waals surface area contributed by atoms with Gasteiger partial charge in [0.05, 0.1) is 0 Å². The molecule has 1 aliphatic heterocycles. The highest BCUT2D eigenvalue weighted by Gasteiger charge is 2.34. The van der Waals surface area contributed by atoms with Gasteiger partial charge in [0.25, 0.3) is 0 Å². The van der Waals surface area contributed by atoms with Crippen molar-refractivity contribution in [2.45, 2.75) is 52.0 Å². The molecule has 3 rings (SSSR count). The summed E-state index contributed by atoms with van der Waals surface area (Å²) >= 11 is 0. The molecule has 1 amide bonds. The maximum absolute atomic E-state index is 12.6. The van der Waals surface area contributed by atoms with E-state index in [1.54, 1.807) is 0 Å². The Labute approximate surface area is 121 Å². The van der Waals surface area contributed by atoms with Crippen LogP contribution in [0.3, 0.4) is 0 Å². The summed E-state index contributed by atoms with van der Waals surface area (Å²) in [5, 5.41) is 6.59. The molecule has 0 atom stereocenters. The molecule has 0 spiro atoms. The molecule has 0 radical (unpaired) electrons. The molecule has 20 heavy (non-hydrogen) atoms. The van der Waals surface area contributed by atoms with Gasteiger partial charge < -0.3 is 10.6 Å². The summed E-state index contributed by atoms with van der Waals surface area (Å²) in [7, 11) is 0. The lowest BCUT2D eigenvalue weighted by Gasteiger charge is -2.32. The normalized spacial score (nSPS) is 21.1. The van der Waals surface area contributed by atoms with Crippen LogP contribution in [0, 0.1) is 5.41 Å². The monoisotopic (exact) mass is 272 g/mol. The minimum atomic E-state index is -0.178. The molecular weight excluding hydrogens is 248 g/mol. The Kier molecular flexibility index (Phi) is 3.79. The quantitative estimate of drug-likeness (QED) is 0.867. The van der Waals surface area contributed by atoms with Gasteiger partial charge in [-0.05, 0) is 43.0 Å². The molecule has 0 aromatic heterocycles. The van der Waals surface area contributed by atoms with E-state index in [1.165, 1.54) is 30.4 Å². The van der Waals surface area contributed by atoms with E-state index in [9.17, 15) is 4.79 Å². The fraction of sp³-hybridized carbons (Fsp3) is 0.588. The van der Waals surface area contributed by atoms with Gasteiger partial charge in [-0.3, -0.25) is 4.79 Å². The first kappa shape index (κ1) is 13.6. The van der Waals surface area contributed by atoms with Crippen LogP contribution in [0.4, 0.5) is 5.69 Å². The molecule has 0 bridgehead atoms. The van der Waals surface area contributed by atoms with Crippen LogP contribution < -0.4 is 10.6 Å². The van der Waals surface area contributed by atoms with Crippen molar-refractivity contribution in [1.29, 1.82) is 0 Å². The Morgan fingerprint density at radius 3 is 2.85 bits per heavy atom. The third-order valence-corrected chi connectivity index (χ3v) is 4.90. The number of carbonyl (C=O) groups is 1. The van der Waals surface area contributed by atoms with Crippen LogP contribution >= 0.6 is 0 Å². The van der Waals surface area contributed by atoms with Gasteiger partial charge in [-0.25, -0.2) is 0 Å². The van der Waals surface area contributed by atoms with Crippen molar-refractivity contribution in [2.75, 3.05) is 11.9 Å². The molecule has 1 aromatic carbocycles. The van der Waals surface area contributed by atoms with E-state index in [2.05, 4.69) is 29.7 Å². The van der Waals surface area contributed by atoms with Crippen LogP contribution in [-0.2, 0) is 17.8 Å². The second-order valence-electron chi connectivity index (χ2n) is 6.45. The largest absolute Gasteiger partial charge is 0.325 e. The van der Waals surface area contributed by atoms with Crippen LogP contribution in [-0.4, -0.2) is 12.5 Å². The van der Waals surface area contributed by atoms with Gasteiger partial charge in [-0.1, -0.05) is 38.3 Å². The Balaban J connectivity index is 1.79. The van der Waals surface area contributed by atoms with Gasteiger partial charge in [0.2, 0.25) is 5.91 Å². The van der Waals surface area contributed by atoms with Gasteiger partial charge in [-0.2, -0.15) is 0 Å². The van der Waals surface area contributed by atoms with E-state index in [-0.39, 0.29) is 11.3 Å². The van der Waals surface area contributed by atoms with Gasteiger partial charge in [-0.15, -0.1) is 0 Å². The molecule has 0 unspecified atom stereocenters. The predicted molar refractivity (Wildman–Crippen MR) is 81.7 cm³/mol. The molecule has 1 heterocycles. The number of hydrogen-bond donors (Lipinski definition) is 2. The van der Waals surface area contributed by atoms with Gasteiger partial charge in [0.15, 0.2) is 0 Å². The zero-order valence-corrected chi connectivity index (χ0v) is 12.3. The van der Waals surface area contributed by atoms with E-state index in [4.69, 9.17) is 0 Å². The Hall–Kier alpha value is -1.35. The molecule has 0 saturated heterocycles. The number of amides is 1. The lowest BCUT2D eigenvalue weighted by molar-refractivity contribution is -0.126. The van der Waals surface area contributed by atoms with Crippen molar-refractivity contribution in [3.05, 3.63) is 29.3 Å². The lowest BCUT2D eigenvalue weighted by atomic mass is 9.75. The molecule has 1 saturated carbocycles. The van der Waals surface area contributed by atoms with Crippen molar-refractivity contribution in [3.8, 4) is 0 Å². The number of hydrogen-bond acceptors (Lipinski definition) is 2. The number of fused-ring (bicyclic) bond motifs is 1. The summed E-state index contributed by atoms with van der Waals surface area (Å²) in [5.74, 6) is 0.205. The Morgan fingerprint density at radius 2 is 2.05 bits per heavy atom. The number of benzene rings is 1. The van der Waals surface area contributed by atoms with Crippen LogP contribution in [0.2, 0.25) is 0 Å². The van der Waals surface area contributed by atoms with Crippen molar-refractivity contribution >= 4 is 11.6 Å². The molecule has 2 aliphatic rings. The molecule has 3 heteroatoms. The van der Waals surface area contributed by atoms with E-state index in [0.717, 1.165) is 38.0 Å². The molecule has 2 N–H and O–H groups in total. The van der Waals surface area contributed by atoms with Crippen molar-refractivity contribution in [2.24, 2.45) is 5.41 Å². The minimum absolute atomic E-state index is 0.178. The maximum atomic E-state index is 12.6. The zero-order chi connectivity index (χ0) is 14.0. The minimum Gasteiger partial charge on any atom is -0.325 e. The summed E-state index contributed by atoms with van der Waals surface area (Å²) in [4.78, 5) is 12.6. The number of carbonyl (C=O) groups excluding carboxylic acids is 1. The standard InChI is InChI=1S/C17H24N2O/c1-17(9-3-2-4-10-17)16(20)19-15-7-5-6-13-8-11-18-12-14(13)15/h5-7,18H,2-4,8-12H2,1H3,(H,19,20). The second-order valence-corrected chi connectivity index (χ2v) is 6.45. The SMILES string of the molecule is CC1(C(=O)Nc2cccc3c2CNCC3)CCCCC1. The van der Waals surface area contributed by atoms with E-state index >= 15 is 0 Å². The van der Waals surface area contributed by atoms with E-state index in [0.29, 0.717) is 0 Å². The molecule has 1 fully saturated rings. The van der Waals surface area contributed by atoms with Gasteiger partial charge >= 0.3 is 0 Å². The van der Waals surface area contributed by atoms with E-state index < -0.39 is 0 Å². The average Bonchev–Trinajstić information content (AvgIpc) is 2.48. The fourth-order valence-corrected chi connectivity index (χ4v) is 3.46. The zero-order valence-electron chi connectivity index (χ0n) is 12.3. The van der Waals surface area contributed by atoms with Crippen molar-refractivity contribution in [3.63, 3.8) is 0 Å². The second kappa shape index (κ2) is 5.57. The third kappa shape index (κ3) is 2.59. The van der Waals surface area contributed by atoms with Crippen LogP contribution in [0.5, 0.6) is 0 Å². The van der Waals surface area contributed by atoms with Gasteiger partial charge in [0.1, 0.15) is 0 Å². The topological polar surface area (TPSA) is 41.1 Å². The first-order valence-corrected chi connectivity index (χ1v) is 7.82. The van der Waals surface area contributed by atoms with Crippen molar-refractivity contribution < 1.29 is 4.79 Å². The summed E-state index contributed by atoms with van der Waals surface area (Å²) in [6.07, 6.45) is 6.72. The molecule has 108 valence electrons. The summed E-state index contributed by atoms with van der Waals surface area (Å²) < 4.78 is 0. The van der Waals surface area contributed by atoms with Crippen molar-refractivity contribution in [1.82, 2.24) is 5.32 Å². The first-order valence-electron chi connectivity index (χ1n) is 7.82. The fourth-order valence-electron chi connectivity index (χ4n) is 3.46. The van der Waals surface area contributed by atoms with E-state index in [1.807, 2.05) is 6.07 Å². The molecular formula is C17H24N2O. The number of anilines is 1. The highest BCUT2D eigenvalue weighted by molar-refractivity contribution is 5.96. The summed E-state index contributed by atoms with van der Waals surface area (Å²) in [6.45, 7) is 4.01. The van der Waals surface area contributed by atoms with Crippen LogP contribution in [0.15, 0.2) is 18.2 Å². The Bertz CT molecular complexity index is 504. The summed E-state index contributed by atoms with van der Waals surface area (Å²) in [6, 6.07) is 6.27.